The van der Waals surface area contributed by atoms with Crippen LogP contribution in [-0.4, -0.2) is 19.5 Å². The van der Waals surface area contributed by atoms with Crippen LogP contribution in [-0.2, 0) is 16.0 Å². The van der Waals surface area contributed by atoms with Crippen molar-refractivity contribution in [1.82, 2.24) is 19.5 Å². The number of halogens is 1. The van der Waals surface area contributed by atoms with Crippen molar-refractivity contribution < 1.29 is 9.47 Å². The van der Waals surface area contributed by atoms with E-state index in [2.05, 4.69) is 30.5 Å². The lowest BCUT2D eigenvalue weighted by Gasteiger charge is -2.22. The average Bonchev–Trinajstić information content (AvgIpc) is 3.39. The summed E-state index contributed by atoms with van der Waals surface area (Å²) < 4.78 is 14.9. The summed E-state index contributed by atoms with van der Waals surface area (Å²) in [6, 6.07) is 7.88. The summed E-state index contributed by atoms with van der Waals surface area (Å²) in [7, 11) is 0. The number of aromatic nitrogens is 4. The van der Waals surface area contributed by atoms with Gasteiger partial charge >= 0.3 is 0 Å². The Morgan fingerprint density at radius 3 is 2.84 bits per heavy atom. The number of thioether (sulfide) groups is 1. The van der Waals surface area contributed by atoms with Crippen LogP contribution in [0.15, 0.2) is 51.6 Å². The molecule has 1 saturated carbocycles. The van der Waals surface area contributed by atoms with E-state index in [1.54, 1.807) is 6.26 Å². The van der Waals surface area contributed by atoms with E-state index in [9.17, 15) is 0 Å². The number of hydrogen-bond acceptors (Lipinski definition) is 7. The first-order valence-electron chi connectivity index (χ1n) is 10.6. The molecule has 162 valence electrons. The average molecular weight is 502 g/mol. The minimum Gasteiger partial charge on any atom is -0.454 e. The van der Waals surface area contributed by atoms with Crippen LogP contribution in [0.2, 0.25) is 0 Å². The van der Waals surface area contributed by atoms with Crippen LogP contribution >= 0.6 is 27.7 Å². The fourth-order valence-corrected chi connectivity index (χ4v) is 5.54. The largest absolute Gasteiger partial charge is 0.454 e. The van der Waals surface area contributed by atoms with Crippen molar-refractivity contribution in [1.29, 1.82) is 0 Å². The van der Waals surface area contributed by atoms with Crippen molar-refractivity contribution in [3.8, 4) is 0 Å². The van der Waals surface area contributed by atoms with Gasteiger partial charge < -0.3 is 19.8 Å². The Bertz CT molecular complexity index is 1110. The zero-order valence-electron chi connectivity index (χ0n) is 17.0. The first-order chi connectivity index (χ1) is 15.2. The number of fused-ring (bicyclic) bond motifs is 1. The Kier molecular flexibility index (Phi) is 6.04. The van der Waals surface area contributed by atoms with E-state index in [-0.39, 0.29) is 0 Å². The quantitative estimate of drug-likeness (QED) is 0.457. The third kappa shape index (κ3) is 4.39. The van der Waals surface area contributed by atoms with E-state index in [0.29, 0.717) is 16.4 Å². The topological polar surface area (TPSA) is 88.1 Å². The molecule has 9 heteroatoms. The number of ether oxygens (including phenoxy) is 2. The van der Waals surface area contributed by atoms with Gasteiger partial charge in [-0.2, -0.15) is 0 Å². The van der Waals surface area contributed by atoms with Crippen LogP contribution in [0.1, 0.15) is 50.4 Å². The maximum Gasteiger partial charge on any atom is 0.268 e. The Hall–Kier alpha value is -2.26. The molecule has 1 aromatic carbocycles. The van der Waals surface area contributed by atoms with Gasteiger partial charge in [-0.15, -0.1) is 0 Å². The van der Waals surface area contributed by atoms with Gasteiger partial charge in [0.25, 0.3) is 6.29 Å². The third-order valence-electron chi connectivity index (χ3n) is 5.87. The van der Waals surface area contributed by atoms with Crippen LogP contribution in [0.4, 0.5) is 5.82 Å². The highest BCUT2D eigenvalue weighted by atomic mass is 79.9. The van der Waals surface area contributed by atoms with Crippen LogP contribution < -0.4 is 5.73 Å². The number of nitrogens with two attached hydrogens (primary N) is 1. The molecule has 0 saturated heterocycles. The molecule has 2 N–H and O–H groups in total. The Morgan fingerprint density at radius 1 is 1.16 bits per heavy atom. The molecule has 1 unspecified atom stereocenters. The lowest BCUT2D eigenvalue weighted by molar-refractivity contribution is -0.0278. The predicted molar refractivity (Wildman–Crippen MR) is 124 cm³/mol. The Balaban J connectivity index is 1.36. The zero-order valence-corrected chi connectivity index (χ0v) is 19.4. The van der Waals surface area contributed by atoms with Gasteiger partial charge in [0, 0.05) is 16.6 Å². The molecule has 3 heterocycles. The normalized spacial score (nSPS) is 19.3. The summed E-state index contributed by atoms with van der Waals surface area (Å²) in [4.78, 5) is 13.3. The number of anilines is 1. The molecule has 0 radical (unpaired) electrons. The van der Waals surface area contributed by atoms with Gasteiger partial charge in [0.2, 0.25) is 5.09 Å². The van der Waals surface area contributed by atoms with Crippen LogP contribution in [0.3, 0.4) is 0 Å². The molecule has 5 rings (SSSR count). The van der Waals surface area contributed by atoms with Gasteiger partial charge in [0.15, 0.2) is 22.1 Å². The number of nitrogen functional groups attached to an aromatic ring is 1. The maximum atomic E-state index is 6.09. The van der Waals surface area contributed by atoms with Crippen molar-refractivity contribution in [2.75, 3.05) is 5.73 Å². The highest BCUT2D eigenvalue weighted by Gasteiger charge is 2.26. The molecule has 31 heavy (non-hydrogen) atoms. The molecule has 1 aliphatic carbocycles. The molecular formula is C22H24BrN5O2S. The van der Waals surface area contributed by atoms with Gasteiger partial charge in [-0.3, -0.25) is 0 Å². The van der Waals surface area contributed by atoms with E-state index in [4.69, 9.17) is 20.2 Å². The monoisotopic (exact) mass is 501 g/mol. The number of benzene rings is 1. The summed E-state index contributed by atoms with van der Waals surface area (Å²) in [5.41, 5.74) is 8.43. The van der Waals surface area contributed by atoms with E-state index >= 15 is 0 Å². The molecule has 2 aliphatic rings. The smallest absolute Gasteiger partial charge is 0.268 e. The van der Waals surface area contributed by atoms with Crippen molar-refractivity contribution >= 4 is 44.7 Å². The second kappa shape index (κ2) is 9.08. The Labute approximate surface area is 193 Å². The summed E-state index contributed by atoms with van der Waals surface area (Å²) in [5.74, 6) is 1.15. The van der Waals surface area contributed by atoms with Gasteiger partial charge in [-0.05, 0) is 30.2 Å². The predicted octanol–water partition coefficient (Wildman–Crippen LogP) is 5.78. The van der Waals surface area contributed by atoms with Crippen molar-refractivity contribution in [3.63, 3.8) is 0 Å². The van der Waals surface area contributed by atoms with Crippen molar-refractivity contribution in [3.05, 3.63) is 52.0 Å². The number of rotatable bonds is 6. The molecule has 7 nitrogen and oxygen atoms in total. The molecule has 0 spiro atoms. The molecule has 0 bridgehead atoms. The van der Waals surface area contributed by atoms with Crippen LogP contribution in [0.25, 0.3) is 11.2 Å². The number of hydrogen-bond donors (Lipinski definition) is 1. The van der Waals surface area contributed by atoms with Gasteiger partial charge in [0.05, 0.1) is 0 Å². The van der Waals surface area contributed by atoms with Crippen molar-refractivity contribution in [2.45, 2.75) is 56.5 Å². The molecule has 1 aliphatic heterocycles. The van der Waals surface area contributed by atoms with E-state index in [1.807, 2.05) is 24.3 Å². The summed E-state index contributed by atoms with van der Waals surface area (Å²) in [6.45, 7) is 0.849. The molecule has 0 amide bonds. The minimum atomic E-state index is -0.483. The minimum absolute atomic E-state index is 0.395. The van der Waals surface area contributed by atoms with Gasteiger partial charge in [-0.25, -0.2) is 15.0 Å². The first-order valence-corrected chi connectivity index (χ1v) is 12.2. The van der Waals surface area contributed by atoms with Gasteiger partial charge in [-0.1, -0.05) is 66.2 Å². The number of aryl methyl sites for hydroxylation is 1. The van der Waals surface area contributed by atoms with Crippen LogP contribution in [0, 0.1) is 5.92 Å². The summed E-state index contributed by atoms with van der Waals surface area (Å²) in [5, 5.41) is 1.45. The highest BCUT2D eigenvalue weighted by Crippen LogP contribution is 2.40. The third-order valence-corrected chi connectivity index (χ3v) is 7.48. The molecule has 2 aromatic heterocycles. The zero-order chi connectivity index (χ0) is 21.2. The lowest BCUT2D eigenvalue weighted by Crippen LogP contribution is -2.11. The van der Waals surface area contributed by atoms with Crippen LogP contribution in [0.5, 0.6) is 0 Å². The fourth-order valence-electron chi connectivity index (χ4n) is 4.22. The summed E-state index contributed by atoms with van der Waals surface area (Å²) in [6.07, 6.45) is 10.4. The highest BCUT2D eigenvalue weighted by molar-refractivity contribution is 9.10. The Morgan fingerprint density at radius 2 is 2.00 bits per heavy atom. The molecule has 3 aromatic rings. The molecule has 1 atom stereocenters. The SMILES string of the molecule is Nc1ncnc2c1nc(SC1=COC(c3ccccc3Br)O1)n2CCC1CCCCC1. The number of nitrogens with zero attached hydrogens (tertiary/aromatic N) is 4. The second-order valence-electron chi connectivity index (χ2n) is 7.92. The summed E-state index contributed by atoms with van der Waals surface area (Å²) >= 11 is 4.99. The fraction of sp³-hybridized carbons (Fsp3) is 0.409. The molecule has 1 fully saturated rings. The second-order valence-corrected chi connectivity index (χ2v) is 9.74. The maximum absolute atomic E-state index is 6.09. The van der Waals surface area contributed by atoms with E-state index in [1.165, 1.54) is 50.2 Å². The van der Waals surface area contributed by atoms with E-state index < -0.39 is 6.29 Å². The van der Waals surface area contributed by atoms with Crippen molar-refractivity contribution in [2.24, 2.45) is 5.92 Å². The number of imidazole rings is 1. The first kappa shape index (κ1) is 20.6. The lowest BCUT2D eigenvalue weighted by atomic mass is 9.87. The van der Waals surface area contributed by atoms with Gasteiger partial charge in [0.1, 0.15) is 12.6 Å². The van der Waals surface area contributed by atoms with E-state index in [0.717, 1.165) is 39.7 Å². The molecular weight excluding hydrogens is 478 g/mol. The standard InChI is InChI=1S/C22H24BrN5O2S/c23-16-9-5-4-8-15(16)21-29-12-17(30-21)31-22-27-18-19(24)25-13-26-20(18)28(22)11-10-14-6-2-1-3-7-14/h4-5,8-9,12-14,21H,1-3,6-7,10-11H2,(H2,24,25,26).